The van der Waals surface area contributed by atoms with Gasteiger partial charge in [0.15, 0.2) is 36.6 Å². The molecule has 10 atom stereocenters. The van der Waals surface area contributed by atoms with Crippen LogP contribution in [0.4, 0.5) is 0 Å². The third-order valence-corrected chi connectivity index (χ3v) is 16.3. The van der Waals surface area contributed by atoms with Gasteiger partial charge in [0.05, 0.1) is 52.2 Å². The van der Waals surface area contributed by atoms with Crippen molar-refractivity contribution in [3.8, 4) is 0 Å². The molecule has 35 heteroatoms. The number of benzene rings is 4. The standard InChI is InChI=1S/C76H98N6O29/c1-49(85)104-62(43-83)68(106-51(3)87)70(108-53(5)89)72(110-55(7)91)74(97)77-31-33-82(34-32-78-75(98)73(111-56(8)92)71(109-54(6)90)69(107-52(4)88)63(44-84)105-50(2)86)103-37-21-30-61-38-79(39-64(93)99-45-57-22-13-9-14-23-57)35-36-80(40-65(94)100-46-58-24-15-10-16-25-58)76(61)81(41-66(95)101-47-59-26-17-11-18-27-59)42-67(96)102-48-60-28-19-12-20-29-60/h9-20,22-29,61-63,68-73,76,83-84H,21,30-48H2,1-8H3,(H,77,97)(H,78,98). The molecule has 4 aromatic rings. The number of rotatable bonds is 46. The van der Waals surface area contributed by atoms with Crippen molar-refractivity contribution in [1.29, 1.82) is 0 Å². The first-order chi connectivity index (χ1) is 53.0. The molecule has 111 heavy (non-hydrogen) atoms. The lowest BCUT2D eigenvalue weighted by atomic mass is 9.97. The Morgan fingerprint density at radius 3 is 1.10 bits per heavy atom. The monoisotopic (exact) mass is 1560 g/mol. The Balaban J connectivity index is 1.60. The van der Waals surface area contributed by atoms with Gasteiger partial charge >= 0.3 is 71.6 Å². The third kappa shape index (κ3) is 34.3. The van der Waals surface area contributed by atoms with E-state index < -0.39 is 190 Å². The Morgan fingerprint density at radius 1 is 0.423 bits per heavy atom. The van der Waals surface area contributed by atoms with Gasteiger partial charge in [0, 0.05) is 107 Å². The molecule has 1 aliphatic heterocycles. The van der Waals surface area contributed by atoms with Crippen LogP contribution in [0.25, 0.3) is 0 Å². The minimum Gasteiger partial charge on any atom is -0.460 e. The number of carbonyl (C=O) groups excluding carboxylic acids is 14. The highest BCUT2D eigenvalue weighted by molar-refractivity contribution is 5.86. The van der Waals surface area contributed by atoms with Crippen LogP contribution in [0.2, 0.25) is 0 Å². The summed E-state index contributed by atoms with van der Waals surface area (Å²) < 4.78 is 65.9. The van der Waals surface area contributed by atoms with Gasteiger partial charge in [0.25, 0.3) is 11.8 Å². The van der Waals surface area contributed by atoms with E-state index in [1.54, 1.807) is 125 Å². The zero-order valence-corrected chi connectivity index (χ0v) is 63.2. The molecule has 4 N–H and O–H groups in total. The van der Waals surface area contributed by atoms with E-state index in [9.17, 15) is 77.3 Å². The average Bonchev–Trinajstić information content (AvgIpc) is 1.81. The largest absolute Gasteiger partial charge is 0.460 e. The van der Waals surface area contributed by atoms with Gasteiger partial charge in [-0.25, -0.2) is 0 Å². The predicted molar refractivity (Wildman–Crippen MR) is 383 cm³/mol. The number of aliphatic hydroxyl groups is 2. The molecule has 0 radical (unpaired) electrons. The number of hydrogen-bond donors (Lipinski definition) is 4. The van der Waals surface area contributed by atoms with E-state index in [4.69, 9.17) is 61.7 Å². The van der Waals surface area contributed by atoms with E-state index >= 15 is 0 Å². The summed E-state index contributed by atoms with van der Waals surface area (Å²) in [6.07, 6.45) is -17.2. The molecule has 0 bridgehead atoms. The van der Waals surface area contributed by atoms with E-state index in [2.05, 4.69) is 10.6 Å². The van der Waals surface area contributed by atoms with Crippen molar-refractivity contribution in [2.45, 2.75) is 150 Å². The lowest BCUT2D eigenvalue weighted by molar-refractivity contribution is -0.201. The highest BCUT2D eigenvalue weighted by atomic mass is 16.7. The van der Waals surface area contributed by atoms with Crippen molar-refractivity contribution in [3.05, 3.63) is 144 Å². The van der Waals surface area contributed by atoms with Crippen LogP contribution in [0.3, 0.4) is 0 Å². The maximum Gasteiger partial charge on any atom is 0.320 e. The molecule has 35 nitrogen and oxygen atoms in total. The number of hydrogen-bond acceptors (Lipinski definition) is 33. The van der Waals surface area contributed by atoms with Gasteiger partial charge in [-0.05, 0) is 35.1 Å². The van der Waals surface area contributed by atoms with Crippen molar-refractivity contribution < 1.29 is 139 Å². The predicted octanol–water partition coefficient (Wildman–Crippen LogP) is 1.51. The van der Waals surface area contributed by atoms with Gasteiger partial charge in [-0.3, -0.25) is 86.7 Å². The highest BCUT2D eigenvalue weighted by Gasteiger charge is 2.49. The number of nitrogens with one attached hydrogen (secondary N) is 2. The quantitative estimate of drug-likeness (QED) is 0.0211. The van der Waals surface area contributed by atoms with Gasteiger partial charge in [0.1, 0.15) is 26.4 Å². The van der Waals surface area contributed by atoms with Crippen LogP contribution in [0, 0.1) is 5.92 Å². The van der Waals surface area contributed by atoms with Gasteiger partial charge in [-0.15, -0.1) is 0 Å². The SMILES string of the molecule is CC(=O)OC(CO)C(OC(C)=O)C(OC(C)=O)C(OC(C)=O)C(=O)NCCN(CCNC(=O)C(OC(C)=O)C(OC(C)=O)C(OC(C)=O)C(CO)OC(C)=O)OCCCC1CN(CC(=O)OCc2ccccc2)CCN(CC(=O)OCc2ccccc2)C1N(CC(=O)OCc1ccccc1)CC(=O)OCc1ccccc1. The van der Waals surface area contributed by atoms with Crippen LogP contribution >= 0.6 is 0 Å². The lowest BCUT2D eigenvalue weighted by Crippen LogP contribution is -2.57. The first kappa shape index (κ1) is 90.8. The average molecular weight is 1560 g/mol. The fraction of sp³-hybridized carbons (Fsp3) is 0.500. The van der Waals surface area contributed by atoms with Crippen molar-refractivity contribution in [3.63, 3.8) is 0 Å². The van der Waals surface area contributed by atoms with Gasteiger partial charge in [0.2, 0.25) is 12.2 Å². The zero-order chi connectivity index (χ0) is 81.4. The number of aliphatic hydroxyl groups excluding tert-OH is 2. The summed E-state index contributed by atoms with van der Waals surface area (Å²) in [4.78, 5) is 198. The normalized spacial score (nSPS) is 15.8. The minimum absolute atomic E-state index is 0.0288. The van der Waals surface area contributed by atoms with Gasteiger partial charge < -0.3 is 77.7 Å². The van der Waals surface area contributed by atoms with Crippen molar-refractivity contribution in [1.82, 2.24) is 30.4 Å². The van der Waals surface area contributed by atoms with Crippen molar-refractivity contribution >= 4 is 83.4 Å². The van der Waals surface area contributed by atoms with Crippen LogP contribution in [0.1, 0.15) is 90.5 Å². The molecule has 0 saturated carbocycles. The summed E-state index contributed by atoms with van der Waals surface area (Å²) in [6, 6.07) is 35.5. The second kappa shape index (κ2) is 48.7. The summed E-state index contributed by atoms with van der Waals surface area (Å²) in [5, 5.41) is 26.9. The first-order valence-electron chi connectivity index (χ1n) is 35.5. The van der Waals surface area contributed by atoms with E-state index in [1.165, 1.54) is 9.96 Å². The molecular weight excluding hydrogens is 1460 g/mol. The Labute approximate surface area is 641 Å². The van der Waals surface area contributed by atoms with Crippen LogP contribution in [-0.2, 0) is 155 Å². The third-order valence-electron chi connectivity index (χ3n) is 16.3. The minimum atomic E-state index is -2.21. The molecule has 10 unspecified atom stereocenters. The number of esters is 12. The number of carbonyl (C=O) groups is 14. The summed E-state index contributed by atoms with van der Waals surface area (Å²) in [5.41, 5.74) is 2.70. The lowest BCUT2D eigenvalue weighted by Gasteiger charge is -2.41. The molecule has 606 valence electrons. The Bertz CT molecular complexity index is 3510. The summed E-state index contributed by atoms with van der Waals surface area (Å²) in [7, 11) is 0. The zero-order valence-electron chi connectivity index (χ0n) is 63.2. The maximum absolute atomic E-state index is 14.5. The fourth-order valence-corrected chi connectivity index (χ4v) is 11.8. The molecule has 1 fully saturated rings. The molecule has 1 saturated heterocycles. The Morgan fingerprint density at radius 2 is 0.757 bits per heavy atom. The molecule has 1 aliphatic rings. The summed E-state index contributed by atoms with van der Waals surface area (Å²) >= 11 is 0. The summed E-state index contributed by atoms with van der Waals surface area (Å²) in [5.74, 6) is -14.8. The Hall–Kier alpha value is -10.8. The smallest absolute Gasteiger partial charge is 0.320 e. The number of amides is 2. The number of ether oxygens (including phenoxy) is 12. The van der Waals surface area contributed by atoms with Crippen LogP contribution in [-0.4, -0.2) is 260 Å². The Kier molecular flexibility index (Phi) is 39.8. The topological polar surface area (TPSA) is 436 Å². The number of nitrogens with zero attached hydrogens (tertiary/aromatic N) is 4. The molecule has 5 rings (SSSR count). The molecule has 0 aromatic heterocycles. The van der Waals surface area contributed by atoms with Crippen LogP contribution in [0.5, 0.6) is 0 Å². The fourth-order valence-electron chi connectivity index (χ4n) is 11.8. The highest BCUT2D eigenvalue weighted by Crippen LogP contribution is 2.28. The van der Waals surface area contributed by atoms with E-state index in [0.717, 1.165) is 55.4 Å². The molecule has 0 aliphatic carbocycles. The van der Waals surface area contributed by atoms with Gasteiger partial charge in [-0.2, -0.15) is 5.06 Å². The second-order valence-electron chi connectivity index (χ2n) is 25.4. The molecule has 0 spiro atoms. The molecule has 4 aromatic carbocycles. The van der Waals surface area contributed by atoms with Crippen LogP contribution in [0.15, 0.2) is 121 Å². The van der Waals surface area contributed by atoms with Crippen molar-refractivity contribution in [2.75, 3.05) is 91.8 Å². The van der Waals surface area contributed by atoms with E-state index in [-0.39, 0.29) is 85.1 Å². The van der Waals surface area contributed by atoms with Gasteiger partial charge in [-0.1, -0.05) is 121 Å². The second-order valence-corrected chi connectivity index (χ2v) is 25.4. The summed E-state index contributed by atoms with van der Waals surface area (Å²) in [6.45, 7) is 0.972. The first-order valence-corrected chi connectivity index (χ1v) is 35.5. The van der Waals surface area contributed by atoms with Crippen molar-refractivity contribution in [2.24, 2.45) is 5.92 Å². The molecular formula is C76H98N6O29. The van der Waals surface area contributed by atoms with E-state index in [1.807, 2.05) is 6.07 Å². The maximum atomic E-state index is 14.5. The van der Waals surface area contributed by atoms with Crippen LogP contribution < -0.4 is 10.6 Å². The molecule has 2 amide bonds. The van der Waals surface area contributed by atoms with E-state index in [0.29, 0.717) is 22.3 Å². The molecule has 1 heterocycles. The number of hydroxylamine groups is 2.